The molecule has 0 fully saturated rings. The fourth-order valence-electron chi connectivity index (χ4n) is 1.60. The van der Waals surface area contributed by atoms with Crippen LogP contribution in [0.4, 0.5) is 5.82 Å². The average molecular weight is 302 g/mol. The van der Waals surface area contributed by atoms with Gasteiger partial charge in [-0.1, -0.05) is 13.8 Å². The molecule has 1 aromatic heterocycles. The standard InChI is InChI=1S/C12H20BrN3O/c1-9-15-10(13)7-11(16-9)14-8-12(2,3)5-4-6-17/h7,17H,4-6,8H2,1-3H3,(H,14,15,16). The summed E-state index contributed by atoms with van der Waals surface area (Å²) in [4.78, 5) is 8.48. The summed E-state index contributed by atoms with van der Waals surface area (Å²) in [6.07, 6.45) is 1.82. The van der Waals surface area contributed by atoms with Gasteiger partial charge in [0.05, 0.1) is 0 Å². The van der Waals surface area contributed by atoms with Gasteiger partial charge in [-0.25, -0.2) is 9.97 Å². The second-order valence-electron chi connectivity index (χ2n) is 4.97. The zero-order chi connectivity index (χ0) is 12.9. The Morgan fingerprint density at radius 1 is 1.41 bits per heavy atom. The zero-order valence-corrected chi connectivity index (χ0v) is 12.2. The van der Waals surface area contributed by atoms with Crippen LogP contribution in [0.15, 0.2) is 10.7 Å². The van der Waals surface area contributed by atoms with Gasteiger partial charge < -0.3 is 10.4 Å². The van der Waals surface area contributed by atoms with Gasteiger partial charge >= 0.3 is 0 Å². The molecule has 0 aliphatic rings. The van der Waals surface area contributed by atoms with E-state index in [1.807, 2.05) is 13.0 Å². The Bertz CT molecular complexity index is 349. The number of nitrogens with zero attached hydrogens (tertiary/aromatic N) is 2. The van der Waals surface area contributed by atoms with E-state index in [1.54, 1.807) is 0 Å². The van der Waals surface area contributed by atoms with Crippen LogP contribution in [0, 0.1) is 12.3 Å². The monoisotopic (exact) mass is 301 g/mol. The van der Waals surface area contributed by atoms with E-state index in [0.717, 1.165) is 35.6 Å². The van der Waals surface area contributed by atoms with E-state index in [0.29, 0.717) is 0 Å². The maximum absolute atomic E-state index is 8.84. The molecule has 5 heteroatoms. The minimum Gasteiger partial charge on any atom is -0.396 e. The average Bonchev–Trinajstić information content (AvgIpc) is 2.23. The molecule has 96 valence electrons. The Morgan fingerprint density at radius 3 is 2.71 bits per heavy atom. The molecule has 17 heavy (non-hydrogen) atoms. The molecule has 1 rings (SSSR count). The first kappa shape index (κ1) is 14.4. The Morgan fingerprint density at radius 2 is 2.12 bits per heavy atom. The van der Waals surface area contributed by atoms with E-state index in [1.165, 1.54) is 0 Å². The number of rotatable bonds is 6. The molecule has 0 radical (unpaired) electrons. The smallest absolute Gasteiger partial charge is 0.130 e. The van der Waals surface area contributed by atoms with Crippen molar-refractivity contribution in [3.8, 4) is 0 Å². The van der Waals surface area contributed by atoms with Gasteiger partial charge in [0, 0.05) is 19.2 Å². The van der Waals surface area contributed by atoms with Gasteiger partial charge in [0.2, 0.25) is 0 Å². The predicted molar refractivity (Wildman–Crippen MR) is 73.1 cm³/mol. The zero-order valence-electron chi connectivity index (χ0n) is 10.6. The van der Waals surface area contributed by atoms with Crippen LogP contribution in [0.1, 0.15) is 32.5 Å². The van der Waals surface area contributed by atoms with Crippen molar-refractivity contribution >= 4 is 21.7 Å². The quantitative estimate of drug-likeness (QED) is 0.793. The highest BCUT2D eigenvalue weighted by Crippen LogP contribution is 2.23. The van der Waals surface area contributed by atoms with Crippen molar-refractivity contribution in [2.24, 2.45) is 5.41 Å². The van der Waals surface area contributed by atoms with Crippen LogP contribution in [-0.4, -0.2) is 28.2 Å². The molecule has 0 saturated carbocycles. The third-order valence-corrected chi connectivity index (χ3v) is 2.97. The van der Waals surface area contributed by atoms with Crippen LogP contribution in [0.25, 0.3) is 0 Å². The Kier molecular flexibility index (Phi) is 5.33. The third kappa shape index (κ3) is 5.46. The summed E-state index contributed by atoms with van der Waals surface area (Å²) < 4.78 is 0.792. The summed E-state index contributed by atoms with van der Waals surface area (Å²) in [6.45, 7) is 7.31. The molecule has 0 aliphatic heterocycles. The largest absolute Gasteiger partial charge is 0.396 e. The first-order valence-electron chi connectivity index (χ1n) is 5.79. The summed E-state index contributed by atoms with van der Waals surface area (Å²) >= 11 is 3.35. The highest BCUT2D eigenvalue weighted by Gasteiger charge is 2.17. The summed E-state index contributed by atoms with van der Waals surface area (Å²) in [7, 11) is 0. The molecule has 0 aromatic carbocycles. The van der Waals surface area contributed by atoms with Crippen molar-refractivity contribution in [3.63, 3.8) is 0 Å². The number of aliphatic hydroxyl groups is 1. The summed E-state index contributed by atoms with van der Waals surface area (Å²) in [5.41, 5.74) is 0.147. The lowest BCUT2D eigenvalue weighted by molar-refractivity contribution is 0.248. The Hall–Kier alpha value is -0.680. The molecular weight excluding hydrogens is 282 g/mol. The van der Waals surface area contributed by atoms with Crippen molar-refractivity contribution in [1.29, 1.82) is 0 Å². The van der Waals surface area contributed by atoms with E-state index < -0.39 is 0 Å². The lowest BCUT2D eigenvalue weighted by Gasteiger charge is -2.25. The van der Waals surface area contributed by atoms with Gasteiger partial charge in [-0.3, -0.25) is 0 Å². The molecule has 0 bridgehead atoms. The number of aryl methyl sites for hydroxylation is 1. The Labute approximate surface area is 111 Å². The number of nitrogens with one attached hydrogen (secondary N) is 1. The number of anilines is 1. The van der Waals surface area contributed by atoms with Crippen LogP contribution < -0.4 is 5.32 Å². The second-order valence-corrected chi connectivity index (χ2v) is 5.78. The summed E-state index contributed by atoms with van der Waals surface area (Å²) in [5, 5.41) is 12.2. The van der Waals surface area contributed by atoms with Crippen molar-refractivity contribution < 1.29 is 5.11 Å². The van der Waals surface area contributed by atoms with Crippen LogP contribution in [0.3, 0.4) is 0 Å². The van der Waals surface area contributed by atoms with Crippen molar-refractivity contribution in [2.75, 3.05) is 18.5 Å². The second kappa shape index (κ2) is 6.31. The van der Waals surface area contributed by atoms with Crippen LogP contribution in [0.2, 0.25) is 0 Å². The highest BCUT2D eigenvalue weighted by atomic mass is 79.9. The van der Waals surface area contributed by atoms with E-state index in [9.17, 15) is 0 Å². The first-order chi connectivity index (χ1) is 7.93. The van der Waals surface area contributed by atoms with Gasteiger partial charge in [0.15, 0.2) is 0 Å². The number of hydrogen-bond donors (Lipinski definition) is 2. The van der Waals surface area contributed by atoms with Crippen LogP contribution >= 0.6 is 15.9 Å². The predicted octanol–water partition coefficient (Wildman–Crippen LogP) is 2.76. The van der Waals surface area contributed by atoms with E-state index in [4.69, 9.17) is 5.11 Å². The van der Waals surface area contributed by atoms with E-state index in [-0.39, 0.29) is 12.0 Å². The molecule has 4 nitrogen and oxygen atoms in total. The fourth-order valence-corrected chi connectivity index (χ4v) is 2.07. The summed E-state index contributed by atoms with van der Waals surface area (Å²) in [5.74, 6) is 1.58. The number of hydrogen-bond acceptors (Lipinski definition) is 4. The van der Waals surface area contributed by atoms with Crippen LogP contribution in [-0.2, 0) is 0 Å². The fraction of sp³-hybridized carbons (Fsp3) is 0.667. The molecule has 0 saturated heterocycles. The van der Waals surface area contributed by atoms with Crippen molar-refractivity contribution in [2.45, 2.75) is 33.6 Å². The number of halogens is 1. The van der Waals surface area contributed by atoms with Gasteiger partial charge in [-0.15, -0.1) is 0 Å². The molecule has 0 spiro atoms. The third-order valence-electron chi connectivity index (χ3n) is 2.57. The maximum Gasteiger partial charge on any atom is 0.130 e. The topological polar surface area (TPSA) is 58.0 Å². The van der Waals surface area contributed by atoms with E-state index in [2.05, 4.69) is 45.1 Å². The lowest BCUT2D eigenvalue weighted by Crippen LogP contribution is -2.24. The van der Waals surface area contributed by atoms with Gasteiger partial charge in [0.1, 0.15) is 16.2 Å². The first-order valence-corrected chi connectivity index (χ1v) is 6.58. The normalized spacial score (nSPS) is 11.6. The maximum atomic E-state index is 8.84. The minimum atomic E-state index is 0.147. The molecule has 1 heterocycles. The molecular formula is C12H20BrN3O. The van der Waals surface area contributed by atoms with Gasteiger partial charge in [-0.05, 0) is 41.1 Å². The molecule has 0 aliphatic carbocycles. The Balaban J connectivity index is 2.54. The lowest BCUT2D eigenvalue weighted by atomic mass is 9.88. The molecule has 0 amide bonds. The van der Waals surface area contributed by atoms with Gasteiger partial charge in [0.25, 0.3) is 0 Å². The van der Waals surface area contributed by atoms with Crippen molar-refractivity contribution in [3.05, 3.63) is 16.5 Å². The molecule has 1 aromatic rings. The highest BCUT2D eigenvalue weighted by molar-refractivity contribution is 9.10. The summed E-state index contributed by atoms with van der Waals surface area (Å²) in [6, 6.07) is 1.87. The van der Waals surface area contributed by atoms with Crippen molar-refractivity contribution in [1.82, 2.24) is 9.97 Å². The number of aromatic nitrogens is 2. The number of aliphatic hydroxyl groups excluding tert-OH is 1. The SMILES string of the molecule is Cc1nc(Br)cc(NCC(C)(C)CCCO)n1. The van der Waals surface area contributed by atoms with E-state index >= 15 is 0 Å². The molecule has 0 atom stereocenters. The molecule has 2 N–H and O–H groups in total. The van der Waals surface area contributed by atoms with Crippen LogP contribution in [0.5, 0.6) is 0 Å². The minimum absolute atomic E-state index is 0.147. The van der Waals surface area contributed by atoms with Gasteiger partial charge in [-0.2, -0.15) is 0 Å². The molecule has 0 unspecified atom stereocenters.